The van der Waals surface area contributed by atoms with E-state index < -0.39 is 16.1 Å². The number of carbonyl (C=O) groups is 2. The lowest BCUT2D eigenvalue weighted by molar-refractivity contribution is -0.0394. The molecule has 8 rings (SSSR count). The van der Waals surface area contributed by atoms with Gasteiger partial charge in [-0.15, -0.1) is 0 Å². The van der Waals surface area contributed by atoms with Gasteiger partial charge in [-0.2, -0.15) is 25.5 Å². The number of nitrogens with zero attached hydrogens (tertiary/aromatic N) is 8. The second-order valence-corrected chi connectivity index (χ2v) is 30.4. The number of benzene rings is 2. The van der Waals surface area contributed by atoms with E-state index in [4.69, 9.17) is 19.3 Å². The molecule has 1 atom stereocenters. The van der Waals surface area contributed by atoms with Gasteiger partial charge >= 0.3 is 0 Å². The molecule has 1 saturated heterocycles. The molecule has 1 aliphatic rings. The number of aromatic nitrogens is 10. The van der Waals surface area contributed by atoms with Gasteiger partial charge < -0.3 is 14.2 Å². The van der Waals surface area contributed by atoms with Crippen LogP contribution in [0.5, 0.6) is 0 Å². The van der Waals surface area contributed by atoms with Gasteiger partial charge in [-0.05, 0) is 78.4 Å². The van der Waals surface area contributed by atoms with Gasteiger partial charge in [0.2, 0.25) is 0 Å². The summed E-state index contributed by atoms with van der Waals surface area (Å²) in [4.78, 5) is 25.9. The number of nitrogens with one attached hydrogen (secondary N) is 2. The number of fused-ring (bicyclic) bond motifs is 2. The van der Waals surface area contributed by atoms with E-state index in [2.05, 4.69) is 91.9 Å². The van der Waals surface area contributed by atoms with E-state index in [1.807, 2.05) is 47.4 Å². The number of hydrogen-bond acceptors (Lipinski definition) is 10. The van der Waals surface area contributed by atoms with Gasteiger partial charge in [0, 0.05) is 88.2 Å². The number of ether oxygens (including phenoxy) is 3. The van der Waals surface area contributed by atoms with Crippen LogP contribution in [0.2, 0.25) is 51.4 Å². The topological polar surface area (TPSA) is 173 Å². The molecule has 18 heteroatoms. The largest absolute Gasteiger partial charge is 0.360 e. The molecule has 2 aromatic carbocycles. The summed E-state index contributed by atoms with van der Waals surface area (Å²) in [6.45, 7) is 16.8. The molecular weight excluding hydrogens is 885 g/mol. The van der Waals surface area contributed by atoms with Crippen molar-refractivity contribution >= 4 is 65.5 Å². The Balaban J connectivity index is 0.000000197. The highest BCUT2D eigenvalue weighted by Gasteiger charge is 2.22. The van der Waals surface area contributed by atoms with Crippen LogP contribution in [0.1, 0.15) is 57.6 Å². The highest BCUT2D eigenvalue weighted by Crippen LogP contribution is 2.30. The first kappa shape index (κ1) is 45.2. The quantitative estimate of drug-likeness (QED) is 0.0480. The predicted molar refractivity (Wildman–Crippen MR) is 249 cm³/mol. The van der Waals surface area contributed by atoms with Crippen LogP contribution in [0.4, 0.5) is 0 Å². The average molecular weight is 942 g/mol. The molecule has 7 aromatic rings. The Morgan fingerprint density at radius 3 is 1.84 bits per heavy atom. The van der Waals surface area contributed by atoms with Crippen LogP contribution in [0.15, 0.2) is 78.1 Å². The van der Waals surface area contributed by atoms with Crippen molar-refractivity contribution in [2.75, 3.05) is 19.8 Å². The lowest BCUT2D eigenvalue weighted by Gasteiger charge is -2.22. The molecule has 1 fully saturated rings. The SMILES string of the molecule is C[Si](C)(C)CCOCn1nc(C(=O)Cc2cn[nH]c2)c2ccc(-c3cnn(C4CCCCO4)c3)cc21.C[Si](C)(C)CCOCn1nc(C(=O)Cc2cn[nH]c2)c2ccc(Br)cc21. The predicted octanol–water partition coefficient (Wildman–Crippen LogP) is 9.32. The minimum Gasteiger partial charge on any atom is -0.360 e. The summed E-state index contributed by atoms with van der Waals surface area (Å²) >= 11 is 3.50. The summed E-state index contributed by atoms with van der Waals surface area (Å²) in [7, 11) is -2.33. The maximum absolute atomic E-state index is 13.2. The van der Waals surface area contributed by atoms with Crippen LogP contribution >= 0.6 is 15.9 Å². The standard InChI is InChI=1S/C26H34N6O3Si.C18H23BrN4O2Si/c1-36(2,3)11-10-34-18-32-23-13-20(21-16-29-31(17-21)25-6-4-5-9-35-25)7-8-22(23)26(30-32)24(33)12-19-14-27-28-15-19;1-26(2,3)7-6-25-12-23-16-9-14(19)4-5-15(16)18(22-23)17(24)8-13-10-20-21-11-13/h7-8,13-17,25H,4-6,9-12,18H2,1-3H3,(H,27,28);4-5,9-11H,6-8,12H2,1-3H3,(H,20,21). The maximum atomic E-state index is 13.2. The Morgan fingerprint density at radius 2 is 1.32 bits per heavy atom. The van der Waals surface area contributed by atoms with E-state index in [0.29, 0.717) is 38.1 Å². The van der Waals surface area contributed by atoms with E-state index in [-0.39, 0.29) is 30.6 Å². The molecule has 0 spiro atoms. The van der Waals surface area contributed by atoms with Crippen LogP contribution in [0, 0.1) is 0 Å². The van der Waals surface area contributed by atoms with E-state index >= 15 is 0 Å². The number of rotatable bonds is 18. The number of ketones is 2. The van der Waals surface area contributed by atoms with Gasteiger partial charge in [-0.3, -0.25) is 19.8 Å². The van der Waals surface area contributed by atoms with Crippen molar-refractivity contribution in [3.05, 3.63) is 101 Å². The van der Waals surface area contributed by atoms with Crippen molar-refractivity contribution < 1.29 is 23.8 Å². The summed E-state index contributed by atoms with van der Waals surface area (Å²) in [6, 6.07) is 14.1. The molecule has 62 heavy (non-hydrogen) atoms. The average Bonchev–Trinajstić information content (AvgIpc) is 4.10. The molecule has 15 nitrogen and oxygen atoms in total. The van der Waals surface area contributed by atoms with Crippen molar-refractivity contribution in [1.82, 2.24) is 49.7 Å². The lowest BCUT2D eigenvalue weighted by Crippen LogP contribution is -2.22. The molecular formula is C44H57BrN10O5Si2. The first-order chi connectivity index (χ1) is 29.7. The fraction of sp³-hybridized carbons (Fsp3) is 0.432. The molecule has 328 valence electrons. The molecule has 6 heterocycles. The molecule has 0 bridgehead atoms. The van der Waals surface area contributed by atoms with E-state index in [1.165, 1.54) is 0 Å². The first-order valence-corrected chi connectivity index (χ1v) is 29.4. The summed E-state index contributed by atoms with van der Waals surface area (Å²) < 4.78 is 24.2. The zero-order chi connectivity index (χ0) is 43.9. The van der Waals surface area contributed by atoms with Crippen molar-refractivity contribution in [1.29, 1.82) is 0 Å². The zero-order valence-corrected chi connectivity index (χ0v) is 40.1. The van der Waals surface area contributed by atoms with Crippen molar-refractivity contribution in [2.45, 2.75) is 103 Å². The van der Waals surface area contributed by atoms with Crippen molar-refractivity contribution in [3.63, 3.8) is 0 Å². The Bertz CT molecular complexity index is 2570. The number of hydrogen-bond donors (Lipinski definition) is 2. The third-order valence-electron chi connectivity index (χ3n) is 10.6. The second-order valence-electron chi connectivity index (χ2n) is 18.2. The number of carbonyl (C=O) groups excluding carboxylic acids is 2. The smallest absolute Gasteiger partial charge is 0.188 e. The molecule has 1 aliphatic heterocycles. The highest BCUT2D eigenvalue weighted by molar-refractivity contribution is 9.10. The van der Waals surface area contributed by atoms with E-state index in [0.717, 1.165) is 86.5 Å². The molecule has 2 N–H and O–H groups in total. The fourth-order valence-corrected chi connectivity index (χ4v) is 8.89. The summed E-state index contributed by atoms with van der Waals surface area (Å²) in [5.41, 5.74) is 6.40. The number of halogens is 1. The van der Waals surface area contributed by atoms with E-state index in [1.54, 1.807) is 34.2 Å². The molecule has 0 aliphatic carbocycles. The Kier molecular flexibility index (Phi) is 14.7. The molecule has 0 amide bonds. The maximum Gasteiger partial charge on any atom is 0.188 e. The van der Waals surface area contributed by atoms with E-state index in [9.17, 15) is 9.59 Å². The van der Waals surface area contributed by atoms with Crippen LogP contribution in [-0.2, 0) is 40.5 Å². The third-order valence-corrected chi connectivity index (χ3v) is 14.5. The number of H-pyrrole nitrogens is 2. The number of aromatic amines is 2. The molecule has 0 radical (unpaired) electrons. The first-order valence-electron chi connectivity index (χ1n) is 21.2. The van der Waals surface area contributed by atoms with Gasteiger partial charge in [-0.25, -0.2) is 14.0 Å². The summed E-state index contributed by atoms with van der Waals surface area (Å²) in [5.74, 6) is -0.0724. The Labute approximate surface area is 372 Å². The number of Topliss-reactive ketones (excluding diaryl/α,β-unsaturated/α-hetero) is 2. The van der Waals surface area contributed by atoms with Crippen LogP contribution < -0.4 is 0 Å². The fourth-order valence-electron chi connectivity index (χ4n) is 7.03. The van der Waals surface area contributed by atoms with Crippen molar-refractivity contribution in [2.24, 2.45) is 0 Å². The van der Waals surface area contributed by atoms with Gasteiger partial charge in [0.25, 0.3) is 0 Å². The molecule has 1 unspecified atom stereocenters. The van der Waals surface area contributed by atoms with Gasteiger partial charge in [0.05, 0.1) is 29.6 Å². The van der Waals surface area contributed by atoms with Crippen LogP contribution in [0.3, 0.4) is 0 Å². The normalized spacial score (nSPS) is 14.7. The lowest BCUT2D eigenvalue weighted by atomic mass is 10.0. The zero-order valence-electron chi connectivity index (χ0n) is 36.5. The minimum absolute atomic E-state index is 0.00586. The Morgan fingerprint density at radius 1 is 0.758 bits per heavy atom. The molecule has 0 saturated carbocycles. The van der Waals surface area contributed by atoms with Crippen LogP contribution in [-0.4, -0.2) is 97.3 Å². The van der Waals surface area contributed by atoms with Crippen molar-refractivity contribution in [3.8, 4) is 11.1 Å². The summed E-state index contributed by atoms with van der Waals surface area (Å²) in [6.07, 6.45) is 14.4. The van der Waals surface area contributed by atoms with Crippen LogP contribution in [0.25, 0.3) is 32.9 Å². The second kappa shape index (κ2) is 20.1. The third kappa shape index (κ3) is 12.0. The summed E-state index contributed by atoms with van der Waals surface area (Å²) in [5, 5.41) is 28.8. The highest BCUT2D eigenvalue weighted by atomic mass is 79.9. The van der Waals surface area contributed by atoms with Gasteiger partial charge in [0.15, 0.2) is 11.6 Å². The van der Waals surface area contributed by atoms with Gasteiger partial charge in [-0.1, -0.05) is 61.3 Å². The van der Waals surface area contributed by atoms with Gasteiger partial charge in [0.1, 0.15) is 31.1 Å². The monoisotopic (exact) mass is 940 g/mol. The minimum atomic E-state index is -1.20. The Hall–Kier alpha value is -4.86. The molecule has 5 aromatic heterocycles.